The van der Waals surface area contributed by atoms with Gasteiger partial charge < -0.3 is 14.8 Å². The molecule has 1 atom stereocenters. The van der Waals surface area contributed by atoms with Crippen LogP contribution < -0.4 is 10.2 Å². The third-order valence-corrected chi connectivity index (χ3v) is 3.16. The van der Waals surface area contributed by atoms with Crippen molar-refractivity contribution in [2.45, 2.75) is 39.8 Å². The van der Waals surface area contributed by atoms with Crippen molar-refractivity contribution in [2.24, 2.45) is 0 Å². The highest BCUT2D eigenvalue weighted by Crippen LogP contribution is 2.16. The molecular weight excluding hydrogens is 200 g/mol. The lowest BCUT2D eigenvalue weighted by atomic mass is 10.2. The van der Waals surface area contributed by atoms with Crippen LogP contribution in [0.3, 0.4) is 0 Å². The minimum atomic E-state index is 0.556. The Morgan fingerprint density at radius 1 is 1.50 bits per heavy atom. The van der Waals surface area contributed by atoms with Crippen molar-refractivity contribution >= 4 is 5.95 Å². The number of hydrogen-bond donors (Lipinski definition) is 1. The van der Waals surface area contributed by atoms with E-state index in [1.54, 1.807) is 0 Å². The number of nitrogens with zero attached hydrogens (tertiary/aromatic N) is 3. The smallest absolute Gasteiger partial charge is 0.205 e. The van der Waals surface area contributed by atoms with Crippen LogP contribution in [0.1, 0.15) is 26.5 Å². The molecule has 1 aliphatic heterocycles. The van der Waals surface area contributed by atoms with Crippen LogP contribution in [0.25, 0.3) is 0 Å². The van der Waals surface area contributed by atoms with Crippen molar-refractivity contribution in [3.63, 3.8) is 0 Å². The van der Waals surface area contributed by atoms with Gasteiger partial charge in [-0.1, -0.05) is 6.92 Å². The van der Waals surface area contributed by atoms with Gasteiger partial charge in [-0.2, -0.15) is 0 Å². The molecule has 0 unspecified atom stereocenters. The van der Waals surface area contributed by atoms with Crippen LogP contribution in [0, 0.1) is 0 Å². The summed E-state index contributed by atoms with van der Waals surface area (Å²) in [6, 6.07) is 0.556. The average molecular weight is 222 g/mol. The molecule has 1 aromatic rings. The first-order chi connectivity index (χ1) is 7.74. The number of piperazine rings is 1. The summed E-state index contributed by atoms with van der Waals surface area (Å²) in [4.78, 5) is 7.11. The fraction of sp³-hybridized carbons (Fsp3) is 0.750. The Morgan fingerprint density at radius 2 is 2.31 bits per heavy atom. The highest BCUT2D eigenvalue weighted by atomic mass is 15.3. The number of aromatic nitrogens is 2. The van der Waals surface area contributed by atoms with Crippen molar-refractivity contribution in [1.29, 1.82) is 0 Å². The topological polar surface area (TPSA) is 33.1 Å². The number of imidazole rings is 1. The van der Waals surface area contributed by atoms with Crippen molar-refractivity contribution in [1.82, 2.24) is 14.9 Å². The van der Waals surface area contributed by atoms with E-state index in [1.165, 1.54) is 5.69 Å². The lowest BCUT2D eigenvalue weighted by Crippen LogP contribution is -2.50. The average Bonchev–Trinajstić information content (AvgIpc) is 2.72. The van der Waals surface area contributed by atoms with Crippen LogP contribution in [0.2, 0.25) is 0 Å². The van der Waals surface area contributed by atoms with Crippen molar-refractivity contribution in [2.75, 3.05) is 24.5 Å². The van der Waals surface area contributed by atoms with Crippen LogP contribution in [0.5, 0.6) is 0 Å². The Kier molecular flexibility index (Phi) is 3.49. The molecule has 0 amide bonds. The summed E-state index contributed by atoms with van der Waals surface area (Å²) < 4.78 is 2.26. The van der Waals surface area contributed by atoms with Gasteiger partial charge in [0, 0.05) is 38.4 Å². The van der Waals surface area contributed by atoms with Gasteiger partial charge in [-0.25, -0.2) is 4.98 Å². The minimum absolute atomic E-state index is 0.556. The van der Waals surface area contributed by atoms with E-state index in [4.69, 9.17) is 4.98 Å². The second-order valence-electron chi connectivity index (χ2n) is 4.47. The van der Waals surface area contributed by atoms with Gasteiger partial charge in [0.15, 0.2) is 0 Å². The van der Waals surface area contributed by atoms with Gasteiger partial charge in [-0.15, -0.1) is 0 Å². The molecule has 0 bridgehead atoms. The summed E-state index contributed by atoms with van der Waals surface area (Å²) in [7, 11) is 0. The van der Waals surface area contributed by atoms with Gasteiger partial charge >= 0.3 is 0 Å². The van der Waals surface area contributed by atoms with E-state index >= 15 is 0 Å². The summed E-state index contributed by atoms with van der Waals surface area (Å²) in [5.41, 5.74) is 1.20. The summed E-state index contributed by atoms with van der Waals surface area (Å²) in [6.07, 6.45) is 3.20. The van der Waals surface area contributed by atoms with E-state index in [-0.39, 0.29) is 0 Å². The second-order valence-corrected chi connectivity index (χ2v) is 4.47. The van der Waals surface area contributed by atoms with Crippen LogP contribution in [0.15, 0.2) is 6.20 Å². The highest BCUT2D eigenvalue weighted by Gasteiger charge is 2.20. The molecule has 2 rings (SSSR count). The van der Waals surface area contributed by atoms with E-state index < -0.39 is 0 Å². The van der Waals surface area contributed by atoms with E-state index in [9.17, 15) is 0 Å². The number of nitrogens with one attached hydrogen (secondary N) is 1. The summed E-state index contributed by atoms with van der Waals surface area (Å²) in [6.45, 7) is 10.7. The zero-order valence-electron chi connectivity index (χ0n) is 10.5. The van der Waals surface area contributed by atoms with Crippen LogP contribution in [0.4, 0.5) is 5.95 Å². The largest absolute Gasteiger partial charge is 0.339 e. The Bertz CT molecular complexity index is 345. The molecule has 1 aliphatic rings. The lowest BCUT2D eigenvalue weighted by molar-refractivity contribution is 0.474. The monoisotopic (exact) mass is 222 g/mol. The maximum atomic E-state index is 4.72. The molecular formula is C12H22N4. The molecule has 0 saturated carbocycles. The first-order valence-electron chi connectivity index (χ1n) is 6.29. The molecule has 4 heteroatoms. The quantitative estimate of drug-likeness (QED) is 0.836. The molecule has 1 fully saturated rings. The van der Waals surface area contributed by atoms with Crippen molar-refractivity contribution < 1.29 is 0 Å². The molecule has 90 valence electrons. The number of rotatable bonds is 3. The fourth-order valence-electron chi connectivity index (χ4n) is 2.23. The maximum absolute atomic E-state index is 4.72. The van der Waals surface area contributed by atoms with Gasteiger partial charge in [0.25, 0.3) is 0 Å². The molecule has 1 saturated heterocycles. The summed E-state index contributed by atoms with van der Waals surface area (Å²) in [5, 5.41) is 3.46. The zero-order chi connectivity index (χ0) is 11.5. The van der Waals surface area contributed by atoms with Crippen LogP contribution in [-0.4, -0.2) is 35.2 Å². The van der Waals surface area contributed by atoms with E-state index in [0.717, 1.165) is 38.5 Å². The predicted octanol–water partition coefficient (Wildman–Crippen LogP) is 1.26. The normalized spacial score (nSPS) is 21.4. The highest BCUT2D eigenvalue weighted by molar-refractivity contribution is 5.35. The van der Waals surface area contributed by atoms with Crippen LogP contribution in [-0.2, 0) is 13.0 Å². The maximum Gasteiger partial charge on any atom is 0.205 e. The summed E-state index contributed by atoms with van der Waals surface area (Å²) in [5.74, 6) is 1.15. The molecule has 0 aromatic carbocycles. The van der Waals surface area contributed by atoms with E-state index in [2.05, 4.69) is 41.8 Å². The number of hydrogen-bond acceptors (Lipinski definition) is 3. The SMILES string of the molecule is CCc1cn(CC)c(N2CCN[C@H](C)C2)n1. The molecule has 1 aromatic heterocycles. The van der Waals surface area contributed by atoms with Gasteiger partial charge in [-0.05, 0) is 20.3 Å². The van der Waals surface area contributed by atoms with Crippen molar-refractivity contribution in [3.8, 4) is 0 Å². The van der Waals surface area contributed by atoms with Gasteiger partial charge in [0.2, 0.25) is 5.95 Å². The zero-order valence-corrected chi connectivity index (χ0v) is 10.5. The molecule has 0 aliphatic carbocycles. The molecule has 16 heavy (non-hydrogen) atoms. The summed E-state index contributed by atoms with van der Waals surface area (Å²) >= 11 is 0. The van der Waals surface area contributed by atoms with Crippen molar-refractivity contribution in [3.05, 3.63) is 11.9 Å². The second kappa shape index (κ2) is 4.87. The fourth-order valence-corrected chi connectivity index (χ4v) is 2.23. The lowest BCUT2D eigenvalue weighted by Gasteiger charge is -2.32. The number of aryl methyl sites for hydroxylation is 2. The van der Waals surface area contributed by atoms with Gasteiger partial charge in [-0.3, -0.25) is 0 Å². The third kappa shape index (κ3) is 2.21. The van der Waals surface area contributed by atoms with Crippen LogP contribution >= 0.6 is 0 Å². The number of anilines is 1. The predicted molar refractivity (Wildman–Crippen MR) is 67.0 cm³/mol. The minimum Gasteiger partial charge on any atom is -0.339 e. The molecule has 2 heterocycles. The molecule has 0 spiro atoms. The third-order valence-electron chi connectivity index (χ3n) is 3.16. The Balaban J connectivity index is 2.20. The Hall–Kier alpha value is -1.03. The van der Waals surface area contributed by atoms with E-state index in [1.807, 2.05) is 0 Å². The Labute approximate surface area is 97.7 Å². The Morgan fingerprint density at radius 3 is 2.94 bits per heavy atom. The van der Waals surface area contributed by atoms with Gasteiger partial charge in [0.05, 0.1) is 5.69 Å². The first-order valence-corrected chi connectivity index (χ1v) is 6.29. The molecule has 1 N–H and O–H groups in total. The first kappa shape index (κ1) is 11.5. The molecule has 0 radical (unpaired) electrons. The molecule has 4 nitrogen and oxygen atoms in total. The van der Waals surface area contributed by atoms with E-state index in [0.29, 0.717) is 6.04 Å². The van der Waals surface area contributed by atoms with Gasteiger partial charge in [0.1, 0.15) is 0 Å². The standard InChI is InChI=1S/C12H22N4/c1-4-11-9-15(5-2)12(14-11)16-7-6-13-10(3)8-16/h9-10,13H,4-8H2,1-3H3/t10-/m1/s1.